The number of nitrogens with two attached hydrogens (primary N) is 1. The van der Waals surface area contributed by atoms with Crippen LogP contribution in [0.15, 0.2) is 47.6 Å². The fourth-order valence-corrected chi connectivity index (χ4v) is 2.86. The predicted octanol–water partition coefficient (Wildman–Crippen LogP) is 2.96. The molecule has 0 saturated carbocycles. The largest absolute Gasteiger partial charge is 0.335 e. The second-order valence-electron chi connectivity index (χ2n) is 4.63. The summed E-state index contributed by atoms with van der Waals surface area (Å²) in [6.07, 6.45) is 5.86. The fraction of sp³-hybridized carbons (Fsp3) is 0.400. The number of aromatic nitrogens is 2. The Morgan fingerprint density at radius 3 is 2.84 bits per heavy atom. The van der Waals surface area contributed by atoms with E-state index in [1.165, 1.54) is 4.90 Å². The summed E-state index contributed by atoms with van der Waals surface area (Å²) in [4.78, 5) is 5.68. The van der Waals surface area contributed by atoms with Gasteiger partial charge in [0.15, 0.2) is 0 Å². The monoisotopic (exact) mass is 275 g/mol. The first-order valence-electron chi connectivity index (χ1n) is 6.73. The Hall–Kier alpha value is -1.26. The normalized spacial score (nSPS) is 12.5. The van der Waals surface area contributed by atoms with Crippen molar-refractivity contribution in [2.75, 3.05) is 5.75 Å². The molecule has 1 aromatic heterocycles. The van der Waals surface area contributed by atoms with Crippen LogP contribution in [0.2, 0.25) is 0 Å². The molecule has 0 radical (unpaired) electrons. The van der Waals surface area contributed by atoms with Crippen molar-refractivity contribution in [1.29, 1.82) is 0 Å². The van der Waals surface area contributed by atoms with E-state index in [0.29, 0.717) is 0 Å². The Morgan fingerprint density at radius 1 is 1.32 bits per heavy atom. The molecule has 0 aliphatic heterocycles. The van der Waals surface area contributed by atoms with E-state index in [1.54, 1.807) is 0 Å². The molecule has 102 valence electrons. The summed E-state index contributed by atoms with van der Waals surface area (Å²) in [5.74, 6) is 2.02. The van der Waals surface area contributed by atoms with Crippen LogP contribution in [0.4, 0.5) is 0 Å². The number of imidazole rings is 1. The van der Waals surface area contributed by atoms with Gasteiger partial charge in [-0.25, -0.2) is 4.98 Å². The van der Waals surface area contributed by atoms with Gasteiger partial charge in [-0.3, -0.25) is 0 Å². The number of hydrogen-bond acceptors (Lipinski definition) is 3. The molecule has 0 aliphatic rings. The van der Waals surface area contributed by atoms with Crippen molar-refractivity contribution in [2.24, 2.45) is 5.73 Å². The molecule has 0 fully saturated rings. The van der Waals surface area contributed by atoms with Crippen molar-refractivity contribution in [3.63, 3.8) is 0 Å². The maximum atomic E-state index is 6.20. The molecule has 3 nitrogen and oxygen atoms in total. The molecule has 1 heterocycles. The fourth-order valence-electron chi connectivity index (χ4n) is 1.99. The van der Waals surface area contributed by atoms with Crippen LogP contribution >= 0.6 is 11.8 Å². The summed E-state index contributed by atoms with van der Waals surface area (Å²) in [5, 5.41) is 0. The van der Waals surface area contributed by atoms with E-state index < -0.39 is 0 Å². The van der Waals surface area contributed by atoms with Crippen LogP contribution in [0, 0.1) is 0 Å². The third-order valence-electron chi connectivity index (χ3n) is 2.92. The summed E-state index contributed by atoms with van der Waals surface area (Å²) in [6, 6.07) is 10.5. The SMILES string of the molecule is CCCn1ccnc1CC(N)CSc1ccccc1. The third kappa shape index (κ3) is 4.40. The van der Waals surface area contributed by atoms with Crippen molar-refractivity contribution in [3.8, 4) is 0 Å². The molecule has 2 aromatic rings. The molecule has 2 N–H and O–H groups in total. The summed E-state index contributed by atoms with van der Waals surface area (Å²) < 4.78 is 2.20. The summed E-state index contributed by atoms with van der Waals surface area (Å²) in [7, 11) is 0. The second-order valence-corrected chi connectivity index (χ2v) is 5.72. The molecule has 4 heteroatoms. The van der Waals surface area contributed by atoms with Gasteiger partial charge in [-0.1, -0.05) is 25.1 Å². The van der Waals surface area contributed by atoms with E-state index in [0.717, 1.165) is 31.0 Å². The highest BCUT2D eigenvalue weighted by Crippen LogP contribution is 2.18. The lowest BCUT2D eigenvalue weighted by molar-refractivity contribution is 0.607. The number of nitrogens with zero attached hydrogens (tertiary/aromatic N) is 2. The molecule has 1 unspecified atom stereocenters. The Bertz CT molecular complexity index is 481. The predicted molar refractivity (Wildman–Crippen MR) is 81.4 cm³/mol. The van der Waals surface area contributed by atoms with Gasteiger partial charge in [0, 0.05) is 42.0 Å². The molecule has 0 bridgehead atoms. The van der Waals surface area contributed by atoms with Crippen LogP contribution in [0.3, 0.4) is 0 Å². The van der Waals surface area contributed by atoms with Crippen LogP contribution in [0.25, 0.3) is 0 Å². The Balaban J connectivity index is 1.84. The quantitative estimate of drug-likeness (QED) is 0.790. The van der Waals surface area contributed by atoms with Gasteiger partial charge in [0.05, 0.1) is 0 Å². The second kappa shape index (κ2) is 7.36. The summed E-state index contributed by atoms with van der Waals surface area (Å²) >= 11 is 1.81. The number of thioether (sulfide) groups is 1. The average Bonchev–Trinajstić information content (AvgIpc) is 2.85. The van der Waals surface area contributed by atoms with Crippen molar-refractivity contribution in [3.05, 3.63) is 48.5 Å². The number of benzene rings is 1. The van der Waals surface area contributed by atoms with E-state index in [1.807, 2.05) is 30.2 Å². The maximum Gasteiger partial charge on any atom is 0.110 e. The van der Waals surface area contributed by atoms with Crippen molar-refractivity contribution < 1.29 is 0 Å². The lowest BCUT2D eigenvalue weighted by atomic mass is 10.2. The minimum atomic E-state index is 0.142. The van der Waals surface area contributed by atoms with E-state index >= 15 is 0 Å². The molecule has 19 heavy (non-hydrogen) atoms. The molecule has 0 amide bonds. The number of rotatable bonds is 7. The topological polar surface area (TPSA) is 43.8 Å². The molecular weight excluding hydrogens is 254 g/mol. The molecule has 0 saturated heterocycles. The first-order chi connectivity index (χ1) is 9.29. The van der Waals surface area contributed by atoms with Crippen LogP contribution in [0.1, 0.15) is 19.2 Å². The van der Waals surface area contributed by atoms with E-state index in [2.05, 4.69) is 40.7 Å². The lowest BCUT2D eigenvalue weighted by Crippen LogP contribution is -2.27. The number of hydrogen-bond donors (Lipinski definition) is 1. The first kappa shape index (κ1) is 14.2. The van der Waals surface area contributed by atoms with Gasteiger partial charge in [-0.2, -0.15) is 0 Å². The van der Waals surface area contributed by atoms with E-state index in [-0.39, 0.29) is 6.04 Å². The highest BCUT2D eigenvalue weighted by atomic mass is 32.2. The Morgan fingerprint density at radius 2 is 2.11 bits per heavy atom. The highest BCUT2D eigenvalue weighted by molar-refractivity contribution is 7.99. The van der Waals surface area contributed by atoms with Crippen molar-refractivity contribution >= 4 is 11.8 Å². The van der Waals surface area contributed by atoms with Gasteiger partial charge >= 0.3 is 0 Å². The minimum absolute atomic E-state index is 0.142. The Kier molecular flexibility index (Phi) is 5.48. The van der Waals surface area contributed by atoms with Gasteiger partial charge in [0.2, 0.25) is 0 Å². The zero-order valence-electron chi connectivity index (χ0n) is 11.3. The van der Waals surface area contributed by atoms with Gasteiger partial charge in [0.25, 0.3) is 0 Å². The molecule has 2 rings (SSSR count). The standard InChI is InChI=1S/C15H21N3S/c1-2-9-18-10-8-17-15(18)11-13(16)12-19-14-6-4-3-5-7-14/h3-8,10,13H,2,9,11-12,16H2,1H3. The van der Waals surface area contributed by atoms with Gasteiger partial charge in [-0.05, 0) is 18.6 Å². The molecule has 0 spiro atoms. The molecular formula is C15H21N3S. The zero-order valence-corrected chi connectivity index (χ0v) is 12.1. The smallest absolute Gasteiger partial charge is 0.110 e. The van der Waals surface area contributed by atoms with E-state index in [9.17, 15) is 0 Å². The van der Waals surface area contributed by atoms with Gasteiger partial charge in [0.1, 0.15) is 5.82 Å². The van der Waals surface area contributed by atoms with Crippen LogP contribution in [-0.2, 0) is 13.0 Å². The average molecular weight is 275 g/mol. The zero-order chi connectivity index (χ0) is 13.5. The minimum Gasteiger partial charge on any atom is -0.335 e. The first-order valence-corrected chi connectivity index (χ1v) is 7.71. The van der Waals surface area contributed by atoms with Crippen LogP contribution < -0.4 is 5.73 Å². The van der Waals surface area contributed by atoms with Crippen molar-refractivity contribution in [1.82, 2.24) is 9.55 Å². The summed E-state index contributed by atoms with van der Waals surface area (Å²) in [6.45, 7) is 3.20. The van der Waals surface area contributed by atoms with Gasteiger partial charge in [-0.15, -0.1) is 11.8 Å². The highest BCUT2D eigenvalue weighted by Gasteiger charge is 2.09. The van der Waals surface area contributed by atoms with Crippen LogP contribution in [-0.4, -0.2) is 21.3 Å². The third-order valence-corrected chi connectivity index (χ3v) is 4.12. The lowest BCUT2D eigenvalue weighted by Gasteiger charge is -2.12. The summed E-state index contributed by atoms with van der Waals surface area (Å²) in [5.41, 5.74) is 6.20. The van der Waals surface area contributed by atoms with Crippen molar-refractivity contribution in [2.45, 2.75) is 37.2 Å². The van der Waals surface area contributed by atoms with Crippen LogP contribution in [0.5, 0.6) is 0 Å². The van der Waals surface area contributed by atoms with Gasteiger partial charge < -0.3 is 10.3 Å². The Labute approximate surface area is 119 Å². The molecule has 1 aromatic carbocycles. The molecule has 0 aliphatic carbocycles. The maximum absolute atomic E-state index is 6.20. The van der Waals surface area contributed by atoms with E-state index in [4.69, 9.17) is 5.73 Å². The molecule has 1 atom stereocenters. The number of aryl methyl sites for hydroxylation is 1.